The lowest BCUT2D eigenvalue weighted by Gasteiger charge is -2.57. The Kier molecular flexibility index (Phi) is 2.20. The predicted molar refractivity (Wildman–Crippen MR) is 52.5 cm³/mol. The summed E-state index contributed by atoms with van der Waals surface area (Å²) in [6.45, 7) is 2.69. The Labute approximate surface area is 110 Å². The quantitative estimate of drug-likeness (QED) is 0.360. The summed E-state index contributed by atoms with van der Waals surface area (Å²) in [5.74, 6) is 0. The molecule has 10 nitrogen and oxygen atoms in total. The molecular formula is C10H8O10. The van der Waals surface area contributed by atoms with E-state index in [1.807, 2.05) is 0 Å². The summed E-state index contributed by atoms with van der Waals surface area (Å²) < 4.78 is 27.9. The fourth-order valence-electron chi connectivity index (χ4n) is 2.78. The number of hydrogen-bond acceptors (Lipinski definition) is 10. The van der Waals surface area contributed by atoms with Gasteiger partial charge in [0.1, 0.15) is 0 Å². The Bertz CT molecular complexity index is 480. The van der Waals surface area contributed by atoms with Crippen molar-refractivity contribution >= 4 is 24.6 Å². The van der Waals surface area contributed by atoms with Gasteiger partial charge in [-0.25, -0.2) is 19.2 Å². The second-order valence-corrected chi connectivity index (χ2v) is 4.77. The van der Waals surface area contributed by atoms with Crippen molar-refractivity contribution < 1.29 is 47.6 Å². The van der Waals surface area contributed by atoms with Gasteiger partial charge in [0, 0.05) is 0 Å². The van der Waals surface area contributed by atoms with E-state index in [0.717, 1.165) is 0 Å². The molecule has 0 bridgehead atoms. The van der Waals surface area contributed by atoms with Gasteiger partial charge in [-0.05, 0) is 13.8 Å². The van der Waals surface area contributed by atoms with Gasteiger partial charge in [0.05, 0.1) is 0 Å². The van der Waals surface area contributed by atoms with Crippen LogP contribution in [0, 0.1) is 0 Å². The van der Waals surface area contributed by atoms with Crippen molar-refractivity contribution in [2.45, 2.75) is 37.3 Å². The van der Waals surface area contributed by atoms with E-state index in [2.05, 4.69) is 9.47 Å². The number of ether oxygens (including phenoxy) is 6. The van der Waals surface area contributed by atoms with E-state index in [-0.39, 0.29) is 0 Å². The minimum atomic E-state index is -1.55. The number of carbonyl (C=O) groups excluding carboxylic acids is 4. The van der Waals surface area contributed by atoms with Gasteiger partial charge in [0.15, 0.2) is 23.4 Å². The van der Waals surface area contributed by atoms with Crippen molar-refractivity contribution in [2.24, 2.45) is 0 Å². The lowest BCUT2D eigenvalue weighted by atomic mass is 9.62. The van der Waals surface area contributed by atoms with Crippen molar-refractivity contribution in [1.82, 2.24) is 0 Å². The summed E-state index contributed by atoms with van der Waals surface area (Å²) in [5.41, 5.74) is -3.11. The maximum Gasteiger partial charge on any atom is 0.519 e. The Morgan fingerprint density at radius 3 is 1.40 bits per heavy atom. The Morgan fingerprint density at radius 2 is 1.05 bits per heavy atom. The molecule has 0 aromatic heterocycles. The first-order chi connectivity index (χ1) is 9.25. The molecule has 3 aliphatic rings. The molecule has 0 aromatic rings. The fourth-order valence-corrected chi connectivity index (χ4v) is 2.78. The third kappa shape index (κ3) is 1.44. The van der Waals surface area contributed by atoms with Gasteiger partial charge in [-0.15, -0.1) is 0 Å². The fraction of sp³-hybridized carbons (Fsp3) is 0.600. The number of carbonyl (C=O) groups is 4. The predicted octanol–water partition coefficient (Wildman–Crippen LogP) is 0.861. The topological polar surface area (TPSA) is 124 Å². The molecule has 20 heavy (non-hydrogen) atoms. The summed E-state index contributed by atoms with van der Waals surface area (Å²) in [6, 6.07) is 0. The first kappa shape index (κ1) is 12.5. The molecule has 0 atom stereocenters. The van der Waals surface area contributed by atoms with Crippen LogP contribution in [0.4, 0.5) is 19.2 Å². The summed E-state index contributed by atoms with van der Waals surface area (Å²) >= 11 is 0. The molecule has 2 heterocycles. The number of rotatable bonds is 0. The van der Waals surface area contributed by atoms with E-state index < -0.39 is 48.0 Å². The molecule has 0 radical (unpaired) electrons. The SMILES string of the molecule is CC12OC(=O)OC(=O)OC1C1(C)OC(=O)OC(=O)OC21. The van der Waals surface area contributed by atoms with Crippen molar-refractivity contribution in [3.05, 3.63) is 0 Å². The van der Waals surface area contributed by atoms with Crippen LogP contribution in [0.5, 0.6) is 0 Å². The van der Waals surface area contributed by atoms with Crippen molar-refractivity contribution in [1.29, 1.82) is 0 Å². The van der Waals surface area contributed by atoms with Gasteiger partial charge in [-0.1, -0.05) is 0 Å². The number of hydrogen-bond donors (Lipinski definition) is 0. The minimum Gasteiger partial charge on any atom is -0.422 e. The third-order valence-electron chi connectivity index (χ3n) is 3.45. The minimum absolute atomic E-state index is 1.21. The smallest absolute Gasteiger partial charge is 0.422 e. The van der Waals surface area contributed by atoms with Crippen LogP contribution in [-0.2, 0) is 28.4 Å². The largest absolute Gasteiger partial charge is 0.519 e. The highest BCUT2D eigenvalue weighted by atomic mass is 16.9. The van der Waals surface area contributed by atoms with Gasteiger partial charge in [0.25, 0.3) is 0 Å². The van der Waals surface area contributed by atoms with Gasteiger partial charge in [0.2, 0.25) is 0 Å². The zero-order valence-electron chi connectivity index (χ0n) is 10.2. The van der Waals surface area contributed by atoms with Gasteiger partial charge in [-0.3, -0.25) is 0 Å². The summed E-state index contributed by atoms with van der Waals surface area (Å²) in [6.07, 6.45) is -7.66. The molecule has 0 aromatic carbocycles. The van der Waals surface area contributed by atoms with Crippen LogP contribution in [0.1, 0.15) is 13.8 Å². The van der Waals surface area contributed by atoms with Crippen LogP contribution in [-0.4, -0.2) is 48.0 Å². The van der Waals surface area contributed by atoms with Crippen LogP contribution >= 0.6 is 0 Å². The normalized spacial score (nSPS) is 42.7. The van der Waals surface area contributed by atoms with Gasteiger partial charge < -0.3 is 28.4 Å². The summed E-state index contributed by atoms with van der Waals surface area (Å²) in [7, 11) is 0. The maximum atomic E-state index is 11.3. The van der Waals surface area contributed by atoms with Gasteiger partial charge in [-0.2, -0.15) is 0 Å². The average Bonchev–Trinajstić information content (AvgIpc) is 2.48. The molecule has 1 saturated carbocycles. The summed E-state index contributed by atoms with van der Waals surface area (Å²) in [4.78, 5) is 45.0. The molecule has 0 amide bonds. The van der Waals surface area contributed by atoms with Crippen molar-refractivity contribution in [3.63, 3.8) is 0 Å². The summed E-state index contributed by atoms with van der Waals surface area (Å²) in [5, 5.41) is 0. The van der Waals surface area contributed by atoms with Crippen LogP contribution < -0.4 is 0 Å². The monoisotopic (exact) mass is 288 g/mol. The molecule has 3 fully saturated rings. The zero-order valence-corrected chi connectivity index (χ0v) is 10.2. The molecule has 2 saturated heterocycles. The molecule has 10 heteroatoms. The first-order valence-electron chi connectivity index (χ1n) is 5.48. The van der Waals surface area contributed by atoms with E-state index in [9.17, 15) is 19.2 Å². The van der Waals surface area contributed by atoms with E-state index in [1.165, 1.54) is 13.8 Å². The standard InChI is InChI=1S/C10H8O10/c1-9-3(15-5(11)17-7(13)19-9)10(2)4(9)16-6(12)18-8(14)20-10/h3-4H,1-2H3. The molecule has 1 aliphatic carbocycles. The molecular weight excluding hydrogens is 280 g/mol. The highest BCUT2D eigenvalue weighted by Gasteiger charge is 2.79. The highest BCUT2D eigenvalue weighted by molar-refractivity contribution is 5.81. The Morgan fingerprint density at radius 1 is 0.700 bits per heavy atom. The number of cyclic esters (lactones) is 4. The molecule has 0 N–H and O–H groups in total. The van der Waals surface area contributed by atoms with E-state index >= 15 is 0 Å². The van der Waals surface area contributed by atoms with E-state index in [1.54, 1.807) is 0 Å². The molecule has 0 spiro atoms. The van der Waals surface area contributed by atoms with Crippen LogP contribution in [0.3, 0.4) is 0 Å². The first-order valence-corrected chi connectivity index (χ1v) is 5.48. The molecule has 108 valence electrons. The third-order valence-corrected chi connectivity index (χ3v) is 3.45. The number of fused-ring (bicyclic) bond motifs is 4. The second kappa shape index (κ2) is 3.52. The van der Waals surface area contributed by atoms with Crippen molar-refractivity contribution in [2.75, 3.05) is 0 Å². The Balaban J connectivity index is 2.01. The molecule has 2 aliphatic heterocycles. The average molecular weight is 288 g/mol. The second-order valence-electron chi connectivity index (χ2n) is 4.77. The zero-order chi connectivity index (χ0) is 14.7. The van der Waals surface area contributed by atoms with Crippen LogP contribution in [0.25, 0.3) is 0 Å². The maximum absolute atomic E-state index is 11.3. The van der Waals surface area contributed by atoms with Crippen molar-refractivity contribution in [3.8, 4) is 0 Å². The van der Waals surface area contributed by atoms with Gasteiger partial charge >= 0.3 is 24.6 Å². The lowest BCUT2D eigenvalue weighted by molar-refractivity contribution is -0.305. The van der Waals surface area contributed by atoms with E-state index in [0.29, 0.717) is 0 Å². The van der Waals surface area contributed by atoms with Crippen LogP contribution in [0.2, 0.25) is 0 Å². The van der Waals surface area contributed by atoms with Crippen LogP contribution in [0.15, 0.2) is 0 Å². The lowest BCUT2D eigenvalue weighted by Crippen LogP contribution is -2.81. The Hall–Kier alpha value is -2.52. The molecule has 0 unspecified atom stereocenters. The molecule has 3 rings (SSSR count). The van der Waals surface area contributed by atoms with E-state index in [4.69, 9.17) is 18.9 Å². The highest BCUT2D eigenvalue weighted by Crippen LogP contribution is 2.52.